The van der Waals surface area contributed by atoms with Crippen molar-refractivity contribution in [2.45, 2.75) is 13.5 Å². The maximum absolute atomic E-state index is 12.8. The minimum atomic E-state index is -0.352. The fraction of sp³-hybridized carbons (Fsp3) is 0.130. The average Bonchev–Trinajstić information content (AvgIpc) is 3.25. The second kappa shape index (κ2) is 9.71. The Kier molecular flexibility index (Phi) is 6.81. The van der Waals surface area contributed by atoms with Gasteiger partial charge < -0.3 is 15.4 Å². The SMILES string of the molecule is COc1ccc(CNC(=O)/C(=C/c2cccs2)NC(=O)c2cccc(C)c2)cc1. The Morgan fingerprint density at radius 1 is 1.07 bits per heavy atom. The molecular formula is C23H22N2O3S. The number of aryl methyl sites for hydroxylation is 1. The van der Waals surface area contributed by atoms with Gasteiger partial charge in [0.1, 0.15) is 11.4 Å². The van der Waals surface area contributed by atoms with Crippen molar-refractivity contribution in [1.82, 2.24) is 10.6 Å². The zero-order valence-electron chi connectivity index (χ0n) is 16.3. The fourth-order valence-corrected chi connectivity index (χ4v) is 3.33. The lowest BCUT2D eigenvalue weighted by Gasteiger charge is -2.11. The normalized spacial score (nSPS) is 11.0. The molecule has 0 bridgehead atoms. The number of nitrogens with one attached hydrogen (secondary N) is 2. The number of ether oxygens (including phenoxy) is 1. The first kappa shape index (κ1) is 20.4. The summed E-state index contributed by atoms with van der Waals surface area (Å²) in [5.74, 6) is 0.0788. The zero-order valence-corrected chi connectivity index (χ0v) is 17.1. The predicted octanol–water partition coefficient (Wildman–Crippen LogP) is 4.15. The van der Waals surface area contributed by atoms with E-state index in [-0.39, 0.29) is 17.5 Å². The Morgan fingerprint density at radius 2 is 1.86 bits per heavy atom. The van der Waals surface area contributed by atoms with Crippen LogP contribution >= 0.6 is 11.3 Å². The Labute approximate surface area is 174 Å². The van der Waals surface area contributed by atoms with Crippen LogP contribution in [0.2, 0.25) is 0 Å². The van der Waals surface area contributed by atoms with E-state index in [9.17, 15) is 9.59 Å². The molecule has 0 radical (unpaired) electrons. The second-order valence-corrected chi connectivity index (χ2v) is 7.41. The third-order valence-corrected chi connectivity index (χ3v) is 5.03. The number of amides is 2. The molecule has 2 amide bonds. The van der Waals surface area contributed by atoms with Crippen molar-refractivity contribution in [3.63, 3.8) is 0 Å². The van der Waals surface area contributed by atoms with E-state index in [1.165, 1.54) is 11.3 Å². The number of rotatable bonds is 7. The van der Waals surface area contributed by atoms with E-state index in [0.717, 1.165) is 21.8 Å². The average molecular weight is 407 g/mol. The van der Waals surface area contributed by atoms with E-state index in [1.807, 2.05) is 60.8 Å². The van der Waals surface area contributed by atoms with Gasteiger partial charge in [-0.3, -0.25) is 9.59 Å². The summed E-state index contributed by atoms with van der Waals surface area (Å²) in [5, 5.41) is 7.53. The molecule has 0 saturated heterocycles. The van der Waals surface area contributed by atoms with Crippen LogP contribution in [0.3, 0.4) is 0 Å². The largest absolute Gasteiger partial charge is 0.497 e. The summed E-state index contributed by atoms with van der Waals surface area (Å²) in [7, 11) is 1.61. The van der Waals surface area contributed by atoms with Gasteiger partial charge in [0.25, 0.3) is 11.8 Å². The molecule has 6 heteroatoms. The van der Waals surface area contributed by atoms with Crippen LogP contribution in [0.25, 0.3) is 6.08 Å². The van der Waals surface area contributed by atoms with Crippen LogP contribution in [0, 0.1) is 6.92 Å². The molecule has 0 aliphatic carbocycles. The quantitative estimate of drug-likeness (QED) is 0.579. The number of carbonyl (C=O) groups is 2. The van der Waals surface area contributed by atoms with Crippen molar-refractivity contribution in [2.24, 2.45) is 0 Å². The molecule has 1 aromatic heterocycles. The summed E-state index contributed by atoms with van der Waals surface area (Å²) < 4.78 is 5.14. The van der Waals surface area contributed by atoms with Crippen LogP contribution < -0.4 is 15.4 Å². The zero-order chi connectivity index (χ0) is 20.6. The number of benzene rings is 2. The van der Waals surface area contributed by atoms with Gasteiger partial charge in [0.15, 0.2) is 0 Å². The van der Waals surface area contributed by atoms with E-state index in [0.29, 0.717) is 12.1 Å². The Morgan fingerprint density at radius 3 is 2.52 bits per heavy atom. The number of carbonyl (C=O) groups excluding carboxylic acids is 2. The van der Waals surface area contributed by atoms with Gasteiger partial charge in [-0.2, -0.15) is 0 Å². The lowest BCUT2D eigenvalue weighted by Crippen LogP contribution is -2.34. The third kappa shape index (κ3) is 5.80. The van der Waals surface area contributed by atoms with Crippen molar-refractivity contribution >= 4 is 29.2 Å². The Bertz CT molecular complexity index is 1010. The number of methoxy groups -OCH3 is 1. The van der Waals surface area contributed by atoms with E-state index in [2.05, 4.69) is 10.6 Å². The minimum Gasteiger partial charge on any atom is -0.497 e. The van der Waals surface area contributed by atoms with Gasteiger partial charge in [-0.05, 0) is 54.3 Å². The highest BCUT2D eigenvalue weighted by atomic mass is 32.1. The molecule has 2 N–H and O–H groups in total. The van der Waals surface area contributed by atoms with Gasteiger partial charge in [-0.15, -0.1) is 11.3 Å². The highest BCUT2D eigenvalue weighted by Gasteiger charge is 2.15. The van der Waals surface area contributed by atoms with E-state index >= 15 is 0 Å². The van der Waals surface area contributed by atoms with Crippen LogP contribution in [-0.2, 0) is 11.3 Å². The molecule has 0 aliphatic rings. The maximum Gasteiger partial charge on any atom is 0.268 e. The molecule has 3 aromatic rings. The van der Waals surface area contributed by atoms with Crippen LogP contribution in [0.5, 0.6) is 5.75 Å². The number of hydrogen-bond donors (Lipinski definition) is 2. The Balaban J connectivity index is 1.74. The molecule has 5 nitrogen and oxygen atoms in total. The summed E-state index contributed by atoms with van der Waals surface area (Å²) in [4.78, 5) is 26.3. The van der Waals surface area contributed by atoms with Crippen molar-refractivity contribution in [3.8, 4) is 5.75 Å². The lowest BCUT2D eigenvalue weighted by molar-refractivity contribution is -0.117. The Hall–Kier alpha value is -3.38. The molecule has 2 aromatic carbocycles. The van der Waals surface area contributed by atoms with E-state index in [1.54, 1.807) is 25.3 Å². The second-order valence-electron chi connectivity index (χ2n) is 6.43. The van der Waals surface area contributed by atoms with E-state index < -0.39 is 0 Å². The van der Waals surface area contributed by atoms with Gasteiger partial charge in [0.05, 0.1) is 7.11 Å². The molecular weight excluding hydrogens is 384 g/mol. The van der Waals surface area contributed by atoms with E-state index in [4.69, 9.17) is 4.74 Å². The lowest BCUT2D eigenvalue weighted by atomic mass is 10.1. The summed E-state index contributed by atoms with van der Waals surface area (Å²) >= 11 is 1.49. The molecule has 148 valence electrons. The predicted molar refractivity (Wildman–Crippen MR) is 116 cm³/mol. The van der Waals surface area contributed by atoms with Gasteiger partial charge in [0.2, 0.25) is 0 Å². The van der Waals surface area contributed by atoms with Crippen LogP contribution in [0.1, 0.15) is 26.4 Å². The first-order valence-electron chi connectivity index (χ1n) is 9.09. The van der Waals surface area contributed by atoms with Gasteiger partial charge in [-0.25, -0.2) is 0 Å². The number of hydrogen-bond acceptors (Lipinski definition) is 4. The number of thiophene rings is 1. The van der Waals surface area contributed by atoms with Crippen LogP contribution in [0.4, 0.5) is 0 Å². The summed E-state index contributed by atoms with van der Waals surface area (Å²) in [6.45, 7) is 2.26. The first-order valence-corrected chi connectivity index (χ1v) is 9.97. The molecule has 3 rings (SSSR count). The van der Waals surface area contributed by atoms with Crippen LogP contribution in [0.15, 0.2) is 71.7 Å². The summed E-state index contributed by atoms with van der Waals surface area (Å²) in [5.41, 5.74) is 2.61. The van der Waals surface area contributed by atoms with Gasteiger partial charge in [0, 0.05) is 17.0 Å². The maximum atomic E-state index is 12.8. The molecule has 0 atom stereocenters. The molecule has 0 fully saturated rings. The van der Waals surface area contributed by atoms with Crippen LogP contribution in [-0.4, -0.2) is 18.9 Å². The van der Waals surface area contributed by atoms with Crippen molar-refractivity contribution in [3.05, 3.63) is 93.3 Å². The smallest absolute Gasteiger partial charge is 0.268 e. The van der Waals surface area contributed by atoms with Crippen molar-refractivity contribution in [2.75, 3.05) is 7.11 Å². The standard InChI is InChI=1S/C23H22N2O3S/c1-16-5-3-6-18(13-16)22(26)25-21(14-20-7-4-12-29-20)23(27)24-15-17-8-10-19(28-2)11-9-17/h3-14H,15H2,1-2H3,(H,24,27)(H,25,26)/b21-14-. The molecule has 0 unspecified atom stereocenters. The van der Waals surface area contributed by atoms with Crippen molar-refractivity contribution < 1.29 is 14.3 Å². The molecule has 0 spiro atoms. The monoisotopic (exact) mass is 406 g/mol. The summed E-state index contributed by atoms with van der Waals surface area (Å²) in [6.07, 6.45) is 1.68. The first-order chi connectivity index (χ1) is 14.0. The van der Waals surface area contributed by atoms with Crippen molar-refractivity contribution in [1.29, 1.82) is 0 Å². The third-order valence-electron chi connectivity index (χ3n) is 4.21. The van der Waals surface area contributed by atoms with Gasteiger partial charge >= 0.3 is 0 Å². The van der Waals surface area contributed by atoms with Gasteiger partial charge in [-0.1, -0.05) is 35.9 Å². The summed E-state index contributed by atoms with van der Waals surface area (Å²) in [6, 6.07) is 18.5. The molecule has 0 aliphatic heterocycles. The highest BCUT2D eigenvalue weighted by molar-refractivity contribution is 7.10. The minimum absolute atomic E-state index is 0.201. The topological polar surface area (TPSA) is 67.4 Å². The fourth-order valence-electron chi connectivity index (χ4n) is 2.68. The molecule has 0 saturated carbocycles. The molecule has 1 heterocycles. The molecule has 29 heavy (non-hydrogen) atoms. The highest BCUT2D eigenvalue weighted by Crippen LogP contribution is 2.14.